The molecular formula is C20H18N2O6. The molecule has 2 unspecified atom stereocenters. The standard InChI is InChI=1S/C20H18N2O6/c23-18-12-27-20(25)22(18)10-14(13-6-2-1-3-7-13)21-19(24)17-11-26-15-8-4-5-9-16(15)28-17/h1-9,14,17H,10-12H2,(H,21,24). The Bertz CT molecular complexity index is 885. The van der Waals surface area contributed by atoms with E-state index in [-0.39, 0.29) is 19.8 Å². The van der Waals surface area contributed by atoms with Crippen molar-refractivity contribution in [3.8, 4) is 11.5 Å². The molecule has 1 fully saturated rings. The molecule has 2 aliphatic rings. The number of rotatable bonds is 5. The van der Waals surface area contributed by atoms with Gasteiger partial charge >= 0.3 is 6.09 Å². The number of carbonyl (C=O) groups is 3. The molecule has 8 heteroatoms. The zero-order valence-electron chi connectivity index (χ0n) is 14.9. The Hall–Kier alpha value is -3.55. The topological polar surface area (TPSA) is 94.2 Å². The fourth-order valence-electron chi connectivity index (χ4n) is 3.07. The first kappa shape index (κ1) is 17.8. The van der Waals surface area contributed by atoms with Crippen molar-refractivity contribution in [2.24, 2.45) is 0 Å². The SMILES string of the molecule is O=C(NC(CN1C(=O)COC1=O)c1ccccc1)C1COc2ccccc2O1. The highest BCUT2D eigenvalue weighted by molar-refractivity contribution is 5.97. The van der Waals surface area contributed by atoms with Crippen molar-refractivity contribution in [1.82, 2.24) is 10.2 Å². The first-order valence-electron chi connectivity index (χ1n) is 8.83. The number of nitrogens with zero attached hydrogens (tertiary/aromatic N) is 1. The fourth-order valence-corrected chi connectivity index (χ4v) is 3.07. The van der Waals surface area contributed by atoms with Crippen molar-refractivity contribution in [2.45, 2.75) is 12.1 Å². The van der Waals surface area contributed by atoms with Crippen LogP contribution in [0, 0.1) is 0 Å². The van der Waals surface area contributed by atoms with E-state index in [2.05, 4.69) is 5.32 Å². The summed E-state index contributed by atoms with van der Waals surface area (Å²) >= 11 is 0. The van der Waals surface area contributed by atoms with Gasteiger partial charge in [-0.2, -0.15) is 0 Å². The van der Waals surface area contributed by atoms with Gasteiger partial charge in [-0.05, 0) is 17.7 Å². The monoisotopic (exact) mass is 382 g/mol. The molecule has 0 aromatic heterocycles. The molecule has 0 saturated carbocycles. The van der Waals surface area contributed by atoms with Gasteiger partial charge in [0.1, 0.15) is 6.61 Å². The Morgan fingerprint density at radius 1 is 1.04 bits per heavy atom. The Morgan fingerprint density at radius 2 is 1.75 bits per heavy atom. The van der Waals surface area contributed by atoms with Crippen LogP contribution in [0.1, 0.15) is 11.6 Å². The molecule has 1 saturated heterocycles. The van der Waals surface area contributed by atoms with E-state index in [1.807, 2.05) is 36.4 Å². The summed E-state index contributed by atoms with van der Waals surface area (Å²) in [5.41, 5.74) is 0.750. The number of para-hydroxylation sites is 2. The second-order valence-corrected chi connectivity index (χ2v) is 6.40. The zero-order chi connectivity index (χ0) is 19.5. The smallest absolute Gasteiger partial charge is 0.417 e. The Morgan fingerprint density at radius 3 is 2.46 bits per heavy atom. The number of ether oxygens (including phenoxy) is 3. The number of amides is 3. The third kappa shape index (κ3) is 3.62. The maximum atomic E-state index is 12.8. The minimum atomic E-state index is -0.845. The molecule has 2 heterocycles. The van der Waals surface area contributed by atoms with Crippen LogP contribution in [0.5, 0.6) is 11.5 Å². The molecule has 0 aliphatic carbocycles. The van der Waals surface area contributed by atoms with E-state index in [1.54, 1.807) is 18.2 Å². The number of hydrogen-bond donors (Lipinski definition) is 1. The molecule has 3 amide bonds. The lowest BCUT2D eigenvalue weighted by Gasteiger charge is -2.28. The highest BCUT2D eigenvalue weighted by Crippen LogP contribution is 2.31. The molecule has 1 N–H and O–H groups in total. The van der Waals surface area contributed by atoms with Crippen LogP contribution in [-0.2, 0) is 14.3 Å². The van der Waals surface area contributed by atoms with E-state index < -0.39 is 30.1 Å². The quantitative estimate of drug-likeness (QED) is 0.845. The minimum Gasteiger partial charge on any atom is -0.485 e. The summed E-state index contributed by atoms with van der Waals surface area (Å²) in [6.45, 7) is -0.253. The summed E-state index contributed by atoms with van der Waals surface area (Å²) in [6, 6.07) is 15.6. The normalized spacial score (nSPS) is 19.1. The molecular weight excluding hydrogens is 364 g/mol. The van der Waals surface area contributed by atoms with Gasteiger partial charge < -0.3 is 19.5 Å². The van der Waals surface area contributed by atoms with Crippen LogP contribution in [0.15, 0.2) is 54.6 Å². The third-order valence-electron chi connectivity index (χ3n) is 4.53. The summed E-state index contributed by atoms with van der Waals surface area (Å²) in [5, 5.41) is 2.86. The molecule has 0 spiro atoms. The molecule has 4 rings (SSSR count). The van der Waals surface area contributed by atoms with Crippen LogP contribution in [0.2, 0.25) is 0 Å². The molecule has 2 aromatic rings. The van der Waals surface area contributed by atoms with Crippen molar-refractivity contribution in [1.29, 1.82) is 0 Å². The van der Waals surface area contributed by atoms with E-state index >= 15 is 0 Å². The van der Waals surface area contributed by atoms with Crippen molar-refractivity contribution >= 4 is 17.9 Å². The van der Waals surface area contributed by atoms with Gasteiger partial charge in [-0.25, -0.2) is 9.69 Å². The van der Waals surface area contributed by atoms with Gasteiger partial charge in [-0.15, -0.1) is 0 Å². The van der Waals surface area contributed by atoms with Gasteiger partial charge in [0.05, 0.1) is 12.6 Å². The fraction of sp³-hybridized carbons (Fsp3) is 0.250. The first-order valence-corrected chi connectivity index (χ1v) is 8.83. The lowest BCUT2D eigenvalue weighted by atomic mass is 10.1. The van der Waals surface area contributed by atoms with Gasteiger partial charge in [0.15, 0.2) is 18.1 Å². The molecule has 8 nitrogen and oxygen atoms in total. The predicted molar refractivity (Wildman–Crippen MR) is 96.7 cm³/mol. The zero-order valence-corrected chi connectivity index (χ0v) is 14.9. The maximum absolute atomic E-state index is 12.8. The molecule has 2 atom stereocenters. The molecule has 2 aliphatic heterocycles. The number of cyclic esters (lactones) is 1. The summed E-state index contributed by atoms with van der Waals surface area (Å²) in [7, 11) is 0. The summed E-state index contributed by atoms with van der Waals surface area (Å²) in [6.07, 6.45) is -1.56. The number of nitrogens with one attached hydrogen (secondary N) is 1. The number of carbonyl (C=O) groups excluding carboxylic acids is 3. The van der Waals surface area contributed by atoms with Gasteiger partial charge in [0.25, 0.3) is 11.8 Å². The van der Waals surface area contributed by atoms with Crippen molar-refractivity contribution < 1.29 is 28.6 Å². The van der Waals surface area contributed by atoms with Crippen LogP contribution in [0.3, 0.4) is 0 Å². The first-order chi connectivity index (χ1) is 13.6. The van der Waals surface area contributed by atoms with E-state index in [9.17, 15) is 14.4 Å². The number of hydrogen-bond acceptors (Lipinski definition) is 6. The Kier molecular flexibility index (Phi) is 4.84. The predicted octanol–water partition coefficient (Wildman–Crippen LogP) is 1.66. The lowest BCUT2D eigenvalue weighted by Crippen LogP contribution is -2.48. The Labute approximate surface area is 161 Å². The van der Waals surface area contributed by atoms with Crippen molar-refractivity contribution in [3.05, 3.63) is 60.2 Å². The average molecular weight is 382 g/mol. The van der Waals surface area contributed by atoms with E-state index in [0.717, 1.165) is 10.5 Å². The largest absolute Gasteiger partial charge is 0.485 e. The summed E-state index contributed by atoms with van der Waals surface area (Å²) < 4.78 is 16.1. The van der Waals surface area contributed by atoms with E-state index in [0.29, 0.717) is 11.5 Å². The average Bonchev–Trinajstić information content (AvgIpc) is 3.05. The molecule has 0 bridgehead atoms. The number of imide groups is 1. The van der Waals surface area contributed by atoms with Gasteiger partial charge in [-0.3, -0.25) is 9.59 Å². The molecule has 144 valence electrons. The third-order valence-corrected chi connectivity index (χ3v) is 4.53. The van der Waals surface area contributed by atoms with Gasteiger partial charge in [0, 0.05) is 0 Å². The lowest BCUT2D eigenvalue weighted by molar-refractivity contribution is -0.132. The number of benzene rings is 2. The van der Waals surface area contributed by atoms with E-state index in [1.165, 1.54) is 0 Å². The Balaban J connectivity index is 1.50. The van der Waals surface area contributed by atoms with Crippen molar-refractivity contribution in [3.63, 3.8) is 0 Å². The summed E-state index contributed by atoms with van der Waals surface area (Å²) in [4.78, 5) is 37.5. The van der Waals surface area contributed by atoms with Crippen LogP contribution >= 0.6 is 0 Å². The molecule has 28 heavy (non-hydrogen) atoms. The molecule has 2 aromatic carbocycles. The van der Waals surface area contributed by atoms with Crippen LogP contribution < -0.4 is 14.8 Å². The van der Waals surface area contributed by atoms with Gasteiger partial charge in [-0.1, -0.05) is 42.5 Å². The second-order valence-electron chi connectivity index (χ2n) is 6.40. The highest BCUT2D eigenvalue weighted by Gasteiger charge is 2.35. The highest BCUT2D eigenvalue weighted by atomic mass is 16.6. The van der Waals surface area contributed by atoms with Gasteiger partial charge in [0.2, 0.25) is 6.10 Å². The maximum Gasteiger partial charge on any atom is 0.417 e. The van der Waals surface area contributed by atoms with Crippen LogP contribution in [0.4, 0.5) is 4.79 Å². The van der Waals surface area contributed by atoms with Crippen LogP contribution in [-0.4, -0.2) is 48.7 Å². The second kappa shape index (κ2) is 7.59. The number of fused-ring (bicyclic) bond motifs is 1. The van der Waals surface area contributed by atoms with Crippen molar-refractivity contribution in [2.75, 3.05) is 19.8 Å². The minimum absolute atomic E-state index is 0.0302. The summed E-state index contributed by atoms with van der Waals surface area (Å²) in [5.74, 6) is 0.231. The van der Waals surface area contributed by atoms with E-state index in [4.69, 9.17) is 14.2 Å². The van der Waals surface area contributed by atoms with Crippen LogP contribution in [0.25, 0.3) is 0 Å². The molecule has 0 radical (unpaired) electrons.